The van der Waals surface area contributed by atoms with Crippen LogP contribution >= 0.6 is 22.9 Å². The highest BCUT2D eigenvalue weighted by Crippen LogP contribution is 2.42. The van der Waals surface area contributed by atoms with Crippen molar-refractivity contribution >= 4 is 55.2 Å². The Kier molecular flexibility index (Phi) is 7.02. The fraction of sp³-hybridized carbons (Fsp3) is 0.323. The number of carbonyl (C=O) groups is 1. The molecule has 1 fully saturated rings. The third-order valence-corrected chi connectivity index (χ3v) is 9.37. The lowest BCUT2D eigenvalue weighted by molar-refractivity contribution is -0.136. The van der Waals surface area contributed by atoms with Crippen LogP contribution in [0.25, 0.3) is 32.2 Å². The van der Waals surface area contributed by atoms with Crippen molar-refractivity contribution in [2.45, 2.75) is 39.3 Å². The van der Waals surface area contributed by atoms with Crippen LogP contribution in [-0.2, 0) is 18.3 Å². The minimum absolute atomic E-state index is 0.0427. The molecular formula is C31H32ClN5O2S. The lowest BCUT2D eigenvalue weighted by Gasteiger charge is -2.43. The van der Waals surface area contributed by atoms with E-state index in [0.717, 1.165) is 68.1 Å². The van der Waals surface area contributed by atoms with Gasteiger partial charge in [0.15, 0.2) is 5.13 Å². The highest BCUT2D eigenvalue weighted by atomic mass is 35.5. The highest BCUT2D eigenvalue weighted by molar-refractivity contribution is 7.22. The van der Waals surface area contributed by atoms with Crippen molar-refractivity contribution < 1.29 is 9.90 Å². The van der Waals surface area contributed by atoms with Gasteiger partial charge in [-0.05, 0) is 73.4 Å². The zero-order valence-electron chi connectivity index (χ0n) is 23.1. The van der Waals surface area contributed by atoms with Gasteiger partial charge in [-0.25, -0.2) is 4.98 Å². The molecule has 7 nitrogen and oxygen atoms in total. The molecule has 0 spiro atoms. The number of benzene rings is 3. The first kappa shape index (κ1) is 26.7. The quantitative estimate of drug-likeness (QED) is 0.243. The van der Waals surface area contributed by atoms with Gasteiger partial charge >= 0.3 is 5.97 Å². The fourth-order valence-corrected chi connectivity index (χ4v) is 7.23. The summed E-state index contributed by atoms with van der Waals surface area (Å²) in [6.07, 6.45) is 1.89. The molecule has 1 saturated heterocycles. The largest absolute Gasteiger partial charge is 0.481 e. The molecule has 2 aromatic heterocycles. The Bertz CT molecular complexity index is 1730. The Hall–Kier alpha value is -3.46. The first-order chi connectivity index (χ1) is 19.2. The topological polar surface area (TPSA) is 74.5 Å². The molecule has 1 atom stereocenters. The van der Waals surface area contributed by atoms with Gasteiger partial charge in [-0.3, -0.25) is 14.4 Å². The van der Waals surface area contributed by atoms with Crippen LogP contribution in [0.1, 0.15) is 36.6 Å². The van der Waals surface area contributed by atoms with E-state index in [-0.39, 0.29) is 12.5 Å². The molecule has 3 heterocycles. The number of aryl methyl sites for hydroxylation is 2. The van der Waals surface area contributed by atoms with E-state index >= 15 is 0 Å². The van der Waals surface area contributed by atoms with Crippen molar-refractivity contribution in [2.24, 2.45) is 7.05 Å². The summed E-state index contributed by atoms with van der Waals surface area (Å²) >= 11 is 7.84. The number of aromatic nitrogens is 3. The summed E-state index contributed by atoms with van der Waals surface area (Å²) in [6, 6.07) is 17.0. The molecule has 0 aliphatic carbocycles. The molecule has 9 heteroatoms. The third-order valence-electron chi connectivity index (χ3n) is 7.97. The van der Waals surface area contributed by atoms with Gasteiger partial charge in [0.2, 0.25) is 0 Å². The summed E-state index contributed by atoms with van der Waals surface area (Å²) in [4.78, 5) is 21.9. The molecular weight excluding hydrogens is 542 g/mol. The molecule has 1 N–H and O–H groups in total. The summed E-state index contributed by atoms with van der Waals surface area (Å²) in [7, 11) is 1.97. The molecule has 0 saturated carbocycles. The van der Waals surface area contributed by atoms with E-state index in [2.05, 4.69) is 46.9 Å². The van der Waals surface area contributed by atoms with Crippen LogP contribution in [-0.4, -0.2) is 56.4 Å². The molecule has 0 radical (unpaired) electrons. The molecule has 5 aromatic rings. The summed E-state index contributed by atoms with van der Waals surface area (Å²) in [6.45, 7) is 9.11. The maximum absolute atomic E-state index is 11.8. The maximum Gasteiger partial charge on any atom is 0.307 e. The van der Waals surface area contributed by atoms with Crippen LogP contribution < -0.4 is 4.90 Å². The number of aliphatic carboxylic acids is 1. The highest BCUT2D eigenvalue weighted by Gasteiger charge is 2.32. The van der Waals surface area contributed by atoms with Crippen molar-refractivity contribution in [1.82, 2.24) is 19.7 Å². The lowest BCUT2D eigenvalue weighted by atomic mass is 9.93. The van der Waals surface area contributed by atoms with Gasteiger partial charge in [0.05, 0.1) is 34.4 Å². The number of carboxylic acid groups (broad SMARTS) is 1. The molecule has 3 aromatic carbocycles. The van der Waals surface area contributed by atoms with Crippen LogP contribution in [0.5, 0.6) is 0 Å². The fourth-order valence-electron chi connectivity index (χ4n) is 5.93. The summed E-state index contributed by atoms with van der Waals surface area (Å²) in [5.74, 6) is -0.847. The second-order valence-electron chi connectivity index (χ2n) is 10.8. The summed E-state index contributed by atoms with van der Waals surface area (Å²) in [5, 5.41) is 16.9. The predicted octanol–water partition coefficient (Wildman–Crippen LogP) is 6.71. The second kappa shape index (κ2) is 10.5. The van der Waals surface area contributed by atoms with Gasteiger partial charge in [-0.1, -0.05) is 41.1 Å². The van der Waals surface area contributed by atoms with Gasteiger partial charge in [0, 0.05) is 48.7 Å². The lowest BCUT2D eigenvalue weighted by Crippen LogP contribution is -2.50. The molecule has 0 amide bonds. The first-order valence-corrected chi connectivity index (χ1v) is 14.7. The molecule has 1 unspecified atom stereocenters. The molecule has 6 rings (SSSR count). The number of rotatable bonds is 6. The van der Waals surface area contributed by atoms with E-state index < -0.39 is 5.97 Å². The number of hydrogen-bond acceptors (Lipinski definition) is 6. The van der Waals surface area contributed by atoms with E-state index in [1.165, 1.54) is 5.56 Å². The van der Waals surface area contributed by atoms with Gasteiger partial charge < -0.3 is 10.0 Å². The minimum atomic E-state index is -0.847. The Morgan fingerprint density at radius 1 is 1.15 bits per heavy atom. The zero-order valence-corrected chi connectivity index (χ0v) is 24.6. The van der Waals surface area contributed by atoms with E-state index in [4.69, 9.17) is 16.6 Å². The van der Waals surface area contributed by atoms with Crippen LogP contribution in [0.4, 0.5) is 5.13 Å². The Morgan fingerprint density at radius 2 is 1.93 bits per heavy atom. The van der Waals surface area contributed by atoms with Crippen molar-refractivity contribution in [3.05, 3.63) is 76.4 Å². The summed E-state index contributed by atoms with van der Waals surface area (Å²) in [5.41, 5.74) is 6.96. The monoisotopic (exact) mass is 573 g/mol. The molecule has 1 aliphatic rings. The SMILES string of the molecule is Cc1cc2nc(N3CCN(C(C)C)C(c4ccc5c(cnn5C)c4)C3)sc2c(-c2ccc(Cl)cc2)c1CC(=O)O. The Balaban J connectivity index is 1.42. The Labute approximate surface area is 242 Å². The number of halogens is 1. The van der Waals surface area contributed by atoms with Crippen LogP contribution in [0, 0.1) is 6.92 Å². The molecule has 40 heavy (non-hydrogen) atoms. The Morgan fingerprint density at radius 3 is 2.65 bits per heavy atom. The van der Waals surface area contributed by atoms with Crippen molar-refractivity contribution in [2.75, 3.05) is 24.5 Å². The average molecular weight is 574 g/mol. The molecule has 206 valence electrons. The standard InChI is InChI=1S/C31H32ClN5O2S/c1-18(2)37-12-11-36(17-27(37)21-7-10-26-22(14-21)16-33-35(26)4)31-34-25-13-19(3)24(15-28(38)39)29(30(25)40-31)20-5-8-23(32)9-6-20/h5-10,13-14,16,18,27H,11-12,15,17H2,1-4H3,(H,38,39). The number of piperazine rings is 1. The number of hydrogen-bond donors (Lipinski definition) is 1. The number of carboxylic acids is 1. The van der Waals surface area contributed by atoms with E-state index in [9.17, 15) is 9.90 Å². The van der Waals surface area contributed by atoms with Gasteiger partial charge in [-0.15, -0.1) is 0 Å². The molecule has 0 bridgehead atoms. The van der Waals surface area contributed by atoms with E-state index in [1.807, 2.05) is 55.2 Å². The van der Waals surface area contributed by atoms with Crippen molar-refractivity contribution in [3.63, 3.8) is 0 Å². The normalized spacial score (nSPS) is 16.4. The van der Waals surface area contributed by atoms with E-state index in [0.29, 0.717) is 11.1 Å². The number of nitrogens with zero attached hydrogens (tertiary/aromatic N) is 5. The van der Waals surface area contributed by atoms with Gasteiger partial charge in [0.25, 0.3) is 0 Å². The van der Waals surface area contributed by atoms with Crippen molar-refractivity contribution in [1.29, 1.82) is 0 Å². The van der Waals surface area contributed by atoms with Gasteiger partial charge in [-0.2, -0.15) is 5.10 Å². The predicted molar refractivity (Wildman–Crippen MR) is 164 cm³/mol. The summed E-state index contributed by atoms with van der Waals surface area (Å²) < 4.78 is 2.92. The average Bonchev–Trinajstić information content (AvgIpc) is 3.52. The van der Waals surface area contributed by atoms with Crippen LogP contribution in [0.15, 0.2) is 54.7 Å². The maximum atomic E-state index is 11.8. The van der Waals surface area contributed by atoms with Crippen LogP contribution in [0.2, 0.25) is 5.02 Å². The van der Waals surface area contributed by atoms with Crippen molar-refractivity contribution in [3.8, 4) is 11.1 Å². The van der Waals surface area contributed by atoms with E-state index in [1.54, 1.807) is 11.3 Å². The zero-order chi connectivity index (χ0) is 28.1. The smallest absolute Gasteiger partial charge is 0.307 e. The number of thiazole rings is 1. The minimum Gasteiger partial charge on any atom is -0.481 e. The second-order valence-corrected chi connectivity index (χ2v) is 12.3. The first-order valence-electron chi connectivity index (χ1n) is 13.5. The van der Waals surface area contributed by atoms with Crippen LogP contribution in [0.3, 0.4) is 0 Å². The number of anilines is 1. The number of fused-ring (bicyclic) bond motifs is 2. The third kappa shape index (κ3) is 4.85. The van der Waals surface area contributed by atoms with Gasteiger partial charge in [0.1, 0.15) is 0 Å². The molecule has 1 aliphatic heterocycles.